The fourth-order valence-electron chi connectivity index (χ4n) is 2.79. The van der Waals surface area contributed by atoms with Gasteiger partial charge in [0.2, 0.25) is 0 Å². The first-order chi connectivity index (χ1) is 11.7. The van der Waals surface area contributed by atoms with Gasteiger partial charge in [0.15, 0.2) is 0 Å². The molecule has 0 atom stereocenters. The number of aromatic nitrogens is 2. The molecule has 0 amide bonds. The molecule has 126 valence electrons. The van der Waals surface area contributed by atoms with Crippen molar-refractivity contribution in [3.63, 3.8) is 0 Å². The molecule has 3 rings (SSSR count). The average Bonchev–Trinajstić information content (AvgIpc) is 3.04. The van der Waals surface area contributed by atoms with E-state index in [0.29, 0.717) is 17.8 Å². The number of nitrogens with zero attached hydrogens (tertiary/aromatic N) is 2. The Kier molecular flexibility index (Phi) is 4.97. The van der Waals surface area contributed by atoms with Crippen LogP contribution in [0.15, 0.2) is 34.4 Å². The van der Waals surface area contributed by atoms with Crippen molar-refractivity contribution >= 4 is 21.6 Å². The van der Waals surface area contributed by atoms with E-state index in [9.17, 15) is 4.79 Å². The molecule has 1 N–H and O–H groups in total. The molecule has 24 heavy (non-hydrogen) atoms. The van der Waals surface area contributed by atoms with E-state index in [1.807, 2.05) is 29.6 Å². The molecule has 6 heteroatoms. The Morgan fingerprint density at radius 2 is 1.96 bits per heavy atom. The molecule has 2 aromatic heterocycles. The second-order valence-electron chi connectivity index (χ2n) is 5.50. The van der Waals surface area contributed by atoms with Gasteiger partial charge in [0.05, 0.1) is 19.0 Å². The molecule has 0 radical (unpaired) electrons. The number of benzene rings is 1. The summed E-state index contributed by atoms with van der Waals surface area (Å²) in [4.78, 5) is 23.2. The Hall–Kier alpha value is -2.18. The first kappa shape index (κ1) is 16.7. The van der Waals surface area contributed by atoms with Gasteiger partial charge < -0.3 is 9.72 Å². The maximum Gasteiger partial charge on any atom is 0.260 e. The van der Waals surface area contributed by atoms with E-state index in [4.69, 9.17) is 4.74 Å². The van der Waals surface area contributed by atoms with Gasteiger partial charge in [-0.1, -0.05) is 32.0 Å². The van der Waals surface area contributed by atoms with Crippen molar-refractivity contribution in [2.24, 2.45) is 0 Å². The van der Waals surface area contributed by atoms with Gasteiger partial charge >= 0.3 is 0 Å². The van der Waals surface area contributed by atoms with Crippen molar-refractivity contribution < 1.29 is 4.74 Å². The van der Waals surface area contributed by atoms with Crippen molar-refractivity contribution in [1.82, 2.24) is 14.9 Å². The molecule has 0 aliphatic rings. The first-order valence-corrected chi connectivity index (χ1v) is 8.92. The van der Waals surface area contributed by atoms with Gasteiger partial charge in [-0.3, -0.25) is 9.69 Å². The molecule has 3 aromatic rings. The Bertz CT molecular complexity index is 897. The van der Waals surface area contributed by atoms with Crippen LogP contribution in [0.5, 0.6) is 5.75 Å². The van der Waals surface area contributed by atoms with Crippen LogP contribution in [0.1, 0.15) is 19.7 Å². The van der Waals surface area contributed by atoms with E-state index in [0.717, 1.165) is 34.8 Å². The summed E-state index contributed by atoms with van der Waals surface area (Å²) in [6, 6.07) is 7.72. The van der Waals surface area contributed by atoms with Crippen molar-refractivity contribution in [3.05, 3.63) is 45.8 Å². The fraction of sp³-hybridized carbons (Fsp3) is 0.333. The molecule has 0 saturated carbocycles. The zero-order chi connectivity index (χ0) is 17.1. The summed E-state index contributed by atoms with van der Waals surface area (Å²) in [6.07, 6.45) is 0. The zero-order valence-corrected chi connectivity index (χ0v) is 14.9. The summed E-state index contributed by atoms with van der Waals surface area (Å²) in [5, 5.41) is 2.61. The highest BCUT2D eigenvalue weighted by Gasteiger charge is 2.16. The molecular formula is C18H21N3O2S. The number of rotatable bonds is 6. The van der Waals surface area contributed by atoms with Crippen molar-refractivity contribution in [3.8, 4) is 16.9 Å². The first-order valence-electron chi connectivity index (χ1n) is 8.04. The van der Waals surface area contributed by atoms with E-state index in [1.54, 1.807) is 7.11 Å². The molecule has 0 fully saturated rings. The lowest BCUT2D eigenvalue weighted by atomic mass is 10.1. The summed E-state index contributed by atoms with van der Waals surface area (Å²) in [5.74, 6) is 1.47. The second-order valence-corrected chi connectivity index (χ2v) is 6.36. The third kappa shape index (κ3) is 3.07. The minimum Gasteiger partial charge on any atom is -0.496 e. The lowest BCUT2D eigenvalue weighted by Crippen LogP contribution is -2.25. The highest BCUT2D eigenvalue weighted by atomic mass is 32.1. The number of methoxy groups -OCH3 is 1. The minimum absolute atomic E-state index is 0.0932. The lowest BCUT2D eigenvalue weighted by Gasteiger charge is -2.16. The number of hydrogen-bond acceptors (Lipinski definition) is 5. The Balaban J connectivity index is 2.09. The highest BCUT2D eigenvalue weighted by Crippen LogP contribution is 2.36. The molecular weight excluding hydrogens is 322 g/mol. The minimum atomic E-state index is -0.0932. The Labute approximate surface area is 144 Å². The number of fused-ring (bicyclic) bond motifs is 1. The maximum absolute atomic E-state index is 12.7. The number of ether oxygens (including phenoxy) is 1. The fourth-order valence-corrected chi connectivity index (χ4v) is 3.75. The smallest absolute Gasteiger partial charge is 0.260 e. The predicted molar refractivity (Wildman–Crippen MR) is 98.9 cm³/mol. The number of nitrogens with one attached hydrogen (secondary N) is 1. The molecule has 0 aliphatic carbocycles. The Morgan fingerprint density at radius 1 is 1.21 bits per heavy atom. The summed E-state index contributed by atoms with van der Waals surface area (Å²) < 4.78 is 5.43. The van der Waals surface area contributed by atoms with E-state index in [1.165, 1.54) is 11.3 Å². The van der Waals surface area contributed by atoms with Crippen LogP contribution in [0.2, 0.25) is 0 Å². The van der Waals surface area contributed by atoms with Gasteiger partial charge in [-0.05, 0) is 19.2 Å². The van der Waals surface area contributed by atoms with E-state index in [2.05, 4.69) is 28.7 Å². The third-order valence-corrected chi connectivity index (χ3v) is 5.03. The van der Waals surface area contributed by atoms with Crippen molar-refractivity contribution in [1.29, 1.82) is 0 Å². The summed E-state index contributed by atoms with van der Waals surface area (Å²) >= 11 is 1.49. The lowest BCUT2D eigenvalue weighted by molar-refractivity contribution is 0.288. The van der Waals surface area contributed by atoms with E-state index >= 15 is 0 Å². The van der Waals surface area contributed by atoms with Crippen LogP contribution in [0, 0.1) is 0 Å². The van der Waals surface area contributed by atoms with Gasteiger partial charge in [-0.15, -0.1) is 11.3 Å². The van der Waals surface area contributed by atoms with Gasteiger partial charge in [-0.25, -0.2) is 4.98 Å². The third-order valence-electron chi connectivity index (χ3n) is 4.16. The van der Waals surface area contributed by atoms with Crippen LogP contribution in [-0.2, 0) is 6.54 Å². The standard InChI is InChI=1S/C18H21N3O2S/c1-4-21(5-2)10-15-19-17(22)16-13(11-24-18(16)20-15)12-8-6-7-9-14(12)23-3/h6-9,11H,4-5,10H2,1-3H3,(H,19,20,22). The van der Waals surface area contributed by atoms with E-state index < -0.39 is 0 Å². The topological polar surface area (TPSA) is 58.2 Å². The van der Waals surface area contributed by atoms with Crippen LogP contribution in [0.25, 0.3) is 21.3 Å². The SMILES string of the molecule is CCN(CC)Cc1nc2scc(-c3ccccc3OC)c2c(=O)[nH]1. The van der Waals surface area contributed by atoms with E-state index in [-0.39, 0.29) is 5.56 Å². The second kappa shape index (κ2) is 7.15. The van der Waals surface area contributed by atoms with Crippen LogP contribution in [-0.4, -0.2) is 35.1 Å². The monoisotopic (exact) mass is 343 g/mol. The van der Waals surface area contributed by atoms with Crippen LogP contribution >= 0.6 is 11.3 Å². The predicted octanol–water partition coefficient (Wildman–Crippen LogP) is 3.50. The number of aromatic amines is 1. The molecule has 0 unspecified atom stereocenters. The summed E-state index contributed by atoms with van der Waals surface area (Å²) in [7, 11) is 1.64. The highest BCUT2D eigenvalue weighted by molar-refractivity contribution is 7.17. The largest absolute Gasteiger partial charge is 0.496 e. The van der Waals surface area contributed by atoms with Gasteiger partial charge in [0.25, 0.3) is 5.56 Å². The normalized spacial score (nSPS) is 11.3. The molecule has 0 aliphatic heterocycles. The Morgan fingerprint density at radius 3 is 2.67 bits per heavy atom. The van der Waals surface area contributed by atoms with Gasteiger partial charge in [-0.2, -0.15) is 0 Å². The number of H-pyrrole nitrogens is 1. The number of hydrogen-bond donors (Lipinski definition) is 1. The van der Waals surface area contributed by atoms with Crippen molar-refractivity contribution in [2.75, 3.05) is 20.2 Å². The summed E-state index contributed by atoms with van der Waals surface area (Å²) in [5.41, 5.74) is 1.69. The maximum atomic E-state index is 12.7. The van der Waals surface area contributed by atoms with Crippen LogP contribution < -0.4 is 10.3 Å². The number of thiophene rings is 1. The molecule has 1 aromatic carbocycles. The summed E-state index contributed by atoms with van der Waals surface area (Å²) in [6.45, 7) is 6.71. The molecule has 0 bridgehead atoms. The quantitative estimate of drug-likeness (QED) is 0.744. The molecule has 2 heterocycles. The molecule has 5 nitrogen and oxygen atoms in total. The van der Waals surface area contributed by atoms with Crippen LogP contribution in [0.3, 0.4) is 0 Å². The molecule has 0 spiro atoms. The van der Waals surface area contributed by atoms with Crippen molar-refractivity contribution in [2.45, 2.75) is 20.4 Å². The molecule has 0 saturated heterocycles. The average molecular weight is 343 g/mol. The number of para-hydroxylation sites is 1. The van der Waals surface area contributed by atoms with Gasteiger partial charge in [0.1, 0.15) is 16.4 Å². The zero-order valence-electron chi connectivity index (χ0n) is 14.1. The van der Waals surface area contributed by atoms with Gasteiger partial charge in [0, 0.05) is 16.5 Å². The van der Waals surface area contributed by atoms with Crippen LogP contribution in [0.4, 0.5) is 0 Å².